The number of aromatic amines is 1. The summed E-state index contributed by atoms with van der Waals surface area (Å²) in [7, 11) is 0. The normalized spacial score (nSPS) is 11.7. The average Bonchev–Trinajstić information content (AvgIpc) is 2.29. The van der Waals surface area contributed by atoms with Crippen molar-refractivity contribution in [3.8, 4) is 0 Å². The molecule has 1 aromatic rings. The Morgan fingerprint density at radius 3 is 2.31 bits per heavy atom. The van der Waals surface area contributed by atoms with Gasteiger partial charge in [-0.3, -0.25) is 0 Å². The highest BCUT2D eigenvalue weighted by atomic mass is 79.9. The highest BCUT2D eigenvalue weighted by Crippen LogP contribution is 2.32. The molecule has 0 unspecified atom stereocenters. The third kappa shape index (κ3) is 2.00. The zero-order valence-electron chi connectivity index (χ0n) is 5.81. The van der Waals surface area contributed by atoms with E-state index < -0.39 is 28.3 Å². The molecule has 4 nitrogen and oxygen atoms in total. The smallest absolute Gasteiger partial charge is 0.433 e. The summed E-state index contributed by atoms with van der Waals surface area (Å²) in [5, 5.41) is 8.31. The van der Waals surface area contributed by atoms with Crippen LogP contribution in [0, 0.1) is 0 Å². The van der Waals surface area contributed by atoms with E-state index in [9.17, 15) is 18.0 Å². The number of nitrogens with zero attached hydrogens (tertiary/aromatic N) is 1. The molecule has 0 spiro atoms. The molecule has 0 aliphatic carbocycles. The van der Waals surface area contributed by atoms with Crippen LogP contribution in [0.3, 0.4) is 0 Å². The van der Waals surface area contributed by atoms with Crippen molar-refractivity contribution in [1.82, 2.24) is 9.97 Å². The van der Waals surface area contributed by atoms with Gasteiger partial charge in [0.25, 0.3) is 0 Å². The number of carboxylic acids is 1. The van der Waals surface area contributed by atoms with Crippen LogP contribution in [0.25, 0.3) is 0 Å². The summed E-state index contributed by atoms with van der Waals surface area (Å²) in [5.41, 5.74) is -1.20. The third-order valence-corrected chi connectivity index (χ3v) is 1.72. The molecule has 8 heteroatoms. The van der Waals surface area contributed by atoms with Crippen molar-refractivity contribution < 1.29 is 23.1 Å². The second kappa shape index (κ2) is 3.02. The van der Waals surface area contributed by atoms with Crippen LogP contribution >= 0.6 is 15.9 Å². The molecule has 0 radical (unpaired) electrons. The molecule has 13 heavy (non-hydrogen) atoms. The van der Waals surface area contributed by atoms with E-state index in [1.54, 1.807) is 4.98 Å². The van der Waals surface area contributed by atoms with Gasteiger partial charge in [-0.1, -0.05) is 0 Å². The van der Waals surface area contributed by atoms with Crippen molar-refractivity contribution in [2.24, 2.45) is 0 Å². The van der Waals surface area contributed by atoms with Gasteiger partial charge < -0.3 is 10.1 Å². The minimum Gasteiger partial charge on any atom is -0.475 e. The van der Waals surface area contributed by atoms with E-state index in [0.717, 1.165) is 0 Å². The van der Waals surface area contributed by atoms with Gasteiger partial charge >= 0.3 is 12.1 Å². The molecule has 0 aromatic carbocycles. The molecule has 0 amide bonds. The second-order valence-corrected chi connectivity index (χ2v) is 2.81. The molecule has 72 valence electrons. The van der Waals surface area contributed by atoms with E-state index in [1.807, 2.05) is 0 Å². The molecule has 0 saturated carbocycles. The number of aromatic carboxylic acids is 1. The lowest BCUT2D eigenvalue weighted by molar-refractivity contribution is -0.141. The monoisotopic (exact) mass is 258 g/mol. The van der Waals surface area contributed by atoms with Crippen molar-refractivity contribution in [3.63, 3.8) is 0 Å². The minimum absolute atomic E-state index is 0.558. The SMILES string of the molecule is O=C(O)c1nc(Br)c(C(F)(F)F)[nH]1. The molecule has 2 N–H and O–H groups in total. The highest BCUT2D eigenvalue weighted by Gasteiger charge is 2.36. The van der Waals surface area contributed by atoms with Crippen molar-refractivity contribution in [1.29, 1.82) is 0 Å². The van der Waals surface area contributed by atoms with Gasteiger partial charge in [-0.05, 0) is 15.9 Å². The lowest BCUT2D eigenvalue weighted by atomic mass is 10.5. The number of H-pyrrole nitrogens is 1. The lowest BCUT2D eigenvalue weighted by Gasteiger charge is -2.01. The van der Waals surface area contributed by atoms with Crippen LogP contribution in [0.1, 0.15) is 16.3 Å². The van der Waals surface area contributed by atoms with Crippen molar-refractivity contribution in [2.45, 2.75) is 6.18 Å². The summed E-state index contributed by atoms with van der Waals surface area (Å²) < 4.78 is 35.5. The summed E-state index contributed by atoms with van der Waals surface area (Å²) in [4.78, 5) is 15.0. The Balaban J connectivity index is 3.18. The largest absolute Gasteiger partial charge is 0.475 e. The molecule has 0 saturated heterocycles. The topological polar surface area (TPSA) is 66.0 Å². The third-order valence-electron chi connectivity index (χ3n) is 1.15. The fraction of sp³-hybridized carbons (Fsp3) is 0.200. The zero-order valence-corrected chi connectivity index (χ0v) is 7.40. The average molecular weight is 259 g/mol. The minimum atomic E-state index is -4.64. The molecular weight excluding hydrogens is 257 g/mol. The van der Waals surface area contributed by atoms with E-state index in [-0.39, 0.29) is 0 Å². The molecule has 0 aliphatic heterocycles. The summed E-state index contributed by atoms with van der Waals surface area (Å²) in [6.45, 7) is 0. The first-order valence-electron chi connectivity index (χ1n) is 2.88. The Hall–Kier alpha value is -1.05. The van der Waals surface area contributed by atoms with Crippen LogP contribution in [0.2, 0.25) is 0 Å². The van der Waals surface area contributed by atoms with Gasteiger partial charge in [0, 0.05) is 0 Å². The van der Waals surface area contributed by atoms with Crippen molar-refractivity contribution >= 4 is 21.9 Å². The highest BCUT2D eigenvalue weighted by molar-refractivity contribution is 9.10. The fourth-order valence-electron chi connectivity index (χ4n) is 0.641. The van der Waals surface area contributed by atoms with Gasteiger partial charge in [-0.15, -0.1) is 0 Å². The molecule has 1 aromatic heterocycles. The lowest BCUT2D eigenvalue weighted by Crippen LogP contribution is -2.07. The Labute approximate surface area is 77.9 Å². The van der Waals surface area contributed by atoms with Crippen LogP contribution in [0.5, 0.6) is 0 Å². The van der Waals surface area contributed by atoms with Crippen molar-refractivity contribution in [2.75, 3.05) is 0 Å². The molecular formula is C5H2BrF3N2O2. The van der Waals surface area contributed by atoms with Gasteiger partial charge in [0.1, 0.15) is 4.60 Å². The molecule has 0 atom stereocenters. The Morgan fingerprint density at radius 1 is 1.54 bits per heavy atom. The maximum absolute atomic E-state index is 12.0. The van der Waals surface area contributed by atoms with Crippen LogP contribution in [0.4, 0.5) is 13.2 Å². The number of halogens is 4. The van der Waals surface area contributed by atoms with Crippen LogP contribution in [0.15, 0.2) is 4.60 Å². The standard InChI is InChI=1S/C5H2BrF3N2O2/c6-2-1(5(7,8)9)10-3(11-2)4(12)13/h(H,10,11)(H,12,13). The Bertz CT molecular complexity index is 346. The van der Waals surface area contributed by atoms with Gasteiger partial charge in [-0.2, -0.15) is 13.2 Å². The molecule has 1 heterocycles. The number of nitrogens with one attached hydrogen (secondary N) is 1. The van der Waals surface area contributed by atoms with E-state index in [2.05, 4.69) is 20.9 Å². The molecule has 0 aliphatic rings. The van der Waals surface area contributed by atoms with Gasteiger partial charge in [0.05, 0.1) is 0 Å². The number of carbonyl (C=O) groups is 1. The number of hydrogen-bond donors (Lipinski definition) is 2. The maximum atomic E-state index is 12.0. The van der Waals surface area contributed by atoms with E-state index >= 15 is 0 Å². The first-order chi connectivity index (χ1) is 5.82. The quantitative estimate of drug-likeness (QED) is 0.809. The molecule has 0 fully saturated rings. The summed E-state index contributed by atoms with van der Waals surface area (Å²) in [6, 6.07) is 0. The molecule has 0 bridgehead atoms. The first-order valence-corrected chi connectivity index (χ1v) is 3.67. The number of alkyl halides is 3. The number of carboxylic acid groups (broad SMARTS) is 1. The van der Waals surface area contributed by atoms with Crippen molar-refractivity contribution in [3.05, 3.63) is 16.1 Å². The predicted octanol–water partition coefficient (Wildman–Crippen LogP) is 1.89. The predicted molar refractivity (Wildman–Crippen MR) is 38.2 cm³/mol. The summed E-state index contributed by atoms with van der Waals surface area (Å²) in [6.07, 6.45) is -4.64. The number of rotatable bonds is 1. The number of hydrogen-bond acceptors (Lipinski definition) is 2. The van der Waals surface area contributed by atoms with Crippen LogP contribution in [-0.2, 0) is 6.18 Å². The first kappa shape index (κ1) is 10.0. The maximum Gasteiger partial charge on any atom is 0.433 e. The second-order valence-electron chi connectivity index (χ2n) is 2.05. The number of aromatic nitrogens is 2. The van der Waals surface area contributed by atoms with Gasteiger partial charge in [0.2, 0.25) is 5.82 Å². The van der Waals surface area contributed by atoms with E-state index in [4.69, 9.17) is 5.11 Å². The molecule has 1 rings (SSSR count). The summed E-state index contributed by atoms with van der Waals surface area (Å²) >= 11 is 2.50. The van der Waals surface area contributed by atoms with Crippen LogP contribution in [-0.4, -0.2) is 21.0 Å². The zero-order chi connectivity index (χ0) is 10.2. The Morgan fingerprint density at radius 2 is 2.08 bits per heavy atom. The fourth-order valence-corrected chi connectivity index (χ4v) is 1.14. The van der Waals surface area contributed by atoms with E-state index in [1.165, 1.54) is 0 Å². The van der Waals surface area contributed by atoms with E-state index in [0.29, 0.717) is 0 Å². The Kier molecular flexibility index (Phi) is 2.33. The van der Waals surface area contributed by atoms with Crippen LogP contribution < -0.4 is 0 Å². The summed E-state index contributed by atoms with van der Waals surface area (Å²) in [5.74, 6) is -2.30. The van der Waals surface area contributed by atoms with Gasteiger partial charge in [0.15, 0.2) is 5.69 Å². The van der Waals surface area contributed by atoms with Gasteiger partial charge in [-0.25, -0.2) is 9.78 Å². The number of imidazole rings is 1.